The topological polar surface area (TPSA) is 61.8 Å². The summed E-state index contributed by atoms with van der Waals surface area (Å²) < 4.78 is 18.0. The van der Waals surface area contributed by atoms with Crippen LogP contribution in [0.3, 0.4) is 0 Å². The maximum Gasteiger partial charge on any atom is 0.331 e. The molecule has 1 heterocycles. The zero-order valence-corrected chi connectivity index (χ0v) is 21.5. The molecule has 1 aliphatic carbocycles. The molecule has 1 fully saturated rings. The van der Waals surface area contributed by atoms with Gasteiger partial charge in [0.2, 0.25) is 0 Å². The van der Waals surface area contributed by atoms with Gasteiger partial charge in [0.1, 0.15) is 12.7 Å². The van der Waals surface area contributed by atoms with E-state index in [1.807, 2.05) is 6.08 Å². The fraction of sp³-hybridized carbons (Fsp3) is 0.714. The predicted octanol–water partition coefficient (Wildman–Crippen LogP) is 6.19. The Hall–Kier alpha value is -1.88. The summed E-state index contributed by atoms with van der Waals surface area (Å²) in [6.45, 7) is 13.5. The number of carbonyl (C=O) groups is 2. The molecule has 0 aromatic heterocycles. The molecule has 0 radical (unpaired) electrons. The lowest BCUT2D eigenvalue weighted by Crippen LogP contribution is -2.49. The molecule has 0 N–H and O–H groups in total. The molecule has 1 saturated heterocycles. The molecule has 0 saturated carbocycles. The summed E-state index contributed by atoms with van der Waals surface area (Å²) in [5.41, 5.74) is 0.896. The molecular formula is C28H44O5. The molecular weight excluding hydrogens is 416 g/mol. The van der Waals surface area contributed by atoms with Crippen LogP contribution in [0.4, 0.5) is 0 Å². The van der Waals surface area contributed by atoms with Crippen LogP contribution in [-0.4, -0.2) is 37.4 Å². The number of rotatable bonds is 10. The summed E-state index contributed by atoms with van der Waals surface area (Å²) in [6.07, 6.45) is 13.7. The van der Waals surface area contributed by atoms with E-state index in [2.05, 4.69) is 53.7 Å². The Morgan fingerprint density at radius 3 is 2.73 bits per heavy atom. The van der Waals surface area contributed by atoms with Crippen molar-refractivity contribution in [2.24, 2.45) is 23.2 Å². The Kier molecular flexibility index (Phi) is 10.9. The molecule has 33 heavy (non-hydrogen) atoms. The summed E-state index contributed by atoms with van der Waals surface area (Å²) >= 11 is 0. The van der Waals surface area contributed by atoms with E-state index in [4.69, 9.17) is 14.2 Å². The first kappa shape index (κ1) is 27.4. The van der Waals surface area contributed by atoms with Gasteiger partial charge in [0.25, 0.3) is 0 Å². The Labute approximate surface area is 200 Å². The van der Waals surface area contributed by atoms with E-state index in [1.54, 1.807) is 6.08 Å². The second-order valence-corrected chi connectivity index (χ2v) is 10.4. The monoisotopic (exact) mass is 460 g/mol. The van der Waals surface area contributed by atoms with Crippen LogP contribution in [0.25, 0.3) is 0 Å². The molecule has 1 aliphatic heterocycles. The summed E-state index contributed by atoms with van der Waals surface area (Å²) in [5.74, 6) is 0.387. The van der Waals surface area contributed by atoms with Crippen LogP contribution in [0.2, 0.25) is 0 Å². The Morgan fingerprint density at radius 1 is 1.27 bits per heavy atom. The third-order valence-corrected chi connectivity index (χ3v) is 7.22. The molecule has 0 bridgehead atoms. The van der Waals surface area contributed by atoms with E-state index in [-0.39, 0.29) is 30.1 Å². The van der Waals surface area contributed by atoms with E-state index >= 15 is 0 Å². The Morgan fingerprint density at radius 2 is 2.03 bits per heavy atom. The van der Waals surface area contributed by atoms with Gasteiger partial charge in [-0.1, -0.05) is 70.9 Å². The van der Waals surface area contributed by atoms with Gasteiger partial charge in [-0.25, -0.2) is 4.79 Å². The molecule has 0 aromatic rings. The third-order valence-electron chi connectivity index (χ3n) is 7.22. The molecule has 2 rings (SSSR count). The zero-order valence-electron chi connectivity index (χ0n) is 21.5. The predicted molar refractivity (Wildman–Crippen MR) is 132 cm³/mol. The molecule has 0 amide bonds. The van der Waals surface area contributed by atoms with Gasteiger partial charge in [0.05, 0.1) is 12.7 Å². The van der Waals surface area contributed by atoms with Crippen LogP contribution >= 0.6 is 0 Å². The van der Waals surface area contributed by atoms with Gasteiger partial charge in [-0.15, -0.1) is 0 Å². The quantitative estimate of drug-likeness (QED) is 0.168. The van der Waals surface area contributed by atoms with Crippen molar-refractivity contribution in [2.45, 2.75) is 92.3 Å². The van der Waals surface area contributed by atoms with Crippen molar-refractivity contribution in [3.63, 3.8) is 0 Å². The number of fused-ring (bicyclic) bond motifs is 1. The lowest BCUT2D eigenvalue weighted by atomic mass is 9.64. The van der Waals surface area contributed by atoms with E-state index in [1.165, 1.54) is 11.6 Å². The summed E-state index contributed by atoms with van der Waals surface area (Å²) in [7, 11) is 0. The smallest absolute Gasteiger partial charge is 0.331 e. The van der Waals surface area contributed by atoms with Crippen LogP contribution in [0.15, 0.2) is 36.0 Å². The molecule has 0 spiro atoms. The van der Waals surface area contributed by atoms with Crippen molar-refractivity contribution in [3.05, 3.63) is 36.0 Å². The molecule has 5 atom stereocenters. The van der Waals surface area contributed by atoms with E-state index in [0.29, 0.717) is 37.9 Å². The highest BCUT2D eigenvalue weighted by Gasteiger charge is 2.51. The summed E-state index contributed by atoms with van der Waals surface area (Å²) in [4.78, 5) is 25.0. The third kappa shape index (κ3) is 8.13. The first-order valence-electron chi connectivity index (χ1n) is 12.7. The molecule has 5 heteroatoms. The minimum atomic E-state index is -0.396. The summed E-state index contributed by atoms with van der Waals surface area (Å²) in [6, 6.07) is 0. The van der Waals surface area contributed by atoms with Crippen molar-refractivity contribution >= 4 is 11.9 Å². The van der Waals surface area contributed by atoms with E-state index in [9.17, 15) is 9.59 Å². The number of carbonyl (C=O) groups excluding carboxylic acids is 2. The highest BCUT2D eigenvalue weighted by atomic mass is 16.6. The van der Waals surface area contributed by atoms with Crippen molar-refractivity contribution < 1.29 is 23.8 Å². The maximum absolute atomic E-state index is 12.5. The fourth-order valence-electron chi connectivity index (χ4n) is 4.61. The van der Waals surface area contributed by atoms with Crippen LogP contribution in [0.1, 0.15) is 80.1 Å². The van der Waals surface area contributed by atoms with Crippen LogP contribution in [0, 0.1) is 23.2 Å². The van der Waals surface area contributed by atoms with E-state index in [0.717, 1.165) is 25.7 Å². The first-order chi connectivity index (χ1) is 15.7. The summed E-state index contributed by atoms with van der Waals surface area (Å²) in [5, 5.41) is 0. The van der Waals surface area contributed by atoms with Crippen LogP contribution in [0.5, 0.6) is 0 Å². The number of hydrogen-bond donors (Lipinski definition) is 0. The number of ether oxygens (including phenoxy) is 3. The average Bonchev–Trinajstić information content (AvgIpc) is 2.89. The average molecular weight is 461 g/mol. The lowest BCUT2D eigenvalue weighted by molar-refractivity contribution is -0.161. The Bertz CT molecular complexity index is 735. The highest BCUT2D eigenvalue weighted by molar-refractivity contribution is 5.82. The van der Waals surface area contributed by atoms with Gasteiger partial charge >= 0.3 is 11.9 Å². The second kappa shape index (κ2) is 13.1. The maximum atomic E-state index is 12.5. The molecule has 186 valence electrons. The molecule has 0 aromatic carbocycles. The zero-order chi connectivity index (χ0) is 24.4. The molecule has 4 unspecified atom stereocenters. The number of allylic oxidation sites excluding steroid dienone is 4. The number of hydrogen-bond acceptors (Lipinski definition) is 5. The molecule has 5 nitrogen and oxygen atoms in total. The minimum Gasteiger partial charge on any atom is -0.465 e. The highest BCUT2D eigenvalue weighted by Crippen LogP contribution is 2.48. The molecule has 2 aliphatic rings. The van der Waals surface area contributed by atoms with Gasteiger partial charge in [-0.2, -0.15) is 0 Å². The van der Waals surface area contributed by atoms with E-state index < -0.39 is 5.41 Å². The fourth-order valence-corrected chi connectivity index (χ4v) is 4.61. The van der Waals surface area contributed by atoms with Crippen molar-refractivity contribution in [1.82, 2.24) is 0 Å². The Balaban J connectivity index is 2.12. The standard InChI is InChI=1S/C28H44O5/c1-7-21(4)18-27(30)32-19-28-15-13-22(5)17-25(28)31-16-14-24(23(28)6)33-26(29)12-10-8-9-11-20(2)3/h8-10,12,17,20-21,23-25H,7,11,13-16,18-19H2,1-6H3/b9-8+,12-10-/t21?,23?,24?,25?,28-/m0/s1. The largest absolute Gasteiger partial charge is 0.465 e. The van der Waals surface area contributed by atoms with Crippen molar-refractivity contribution in [3.8, 4) is 0 Å². The van der Waals surface area contributed by atoms with Gasteiger partial charge in [0, 0.05) is 30.3 Å². The van der Waals surface area contributed by atoms with Crippen molar-refractivity contribution in [2.75, 3.05) is 13.2 Å². The van der Waals surface area contributed by atoms with Crippen LogP contribution in [-0.2, 0) is 23.8 Å². The number of esters is 2. The second-order valence-electron chi connectivity index (χ2n) is 10.4. The van der Waals surface area contributed by atoms with Crippen molar-refractivity contribution in [1.29, 1.82) is 0 Å². The van der Waals surface area contributed by atoms with Gasteiger partial charge in [-0.3, -0.25) is 4.79 Å². The normalized spacial score (nSPS) is 28.9. The van der Waals surface area contributed by atoms with Gasteiger partial charge < -0.3 is 14.2 Å². The van der Waals surface area contributed by atoms with Crippen LogP contribution < -0.4 is 0 Å². The lowest BCUT2D eigenvalue weighted by Gasteiger charge is -2.45. The SMILES string of the molecule is CCC(C)CC(=O)OC[C@]12CCC(C)=CC1OCCC(OC(=O)/C=C\C=C\CC(C)C)C2C. The minimum absolute atomic E-state index is 0.000387. The van der Waals surface area contributed by atoms with Gasteiger partial charge in [0.15, 0.2) is 0 Å². The van der Waals surface area contributed by atoms with Gasteiger partial charge in [-0.05, 0) is 38.0 Å². The first-order valence-corrected chi connectivity index (χ1v) is 12.7.